The van der Waals surface area contributed by atoms with E-state index in [1.54, 1.807) is 23.5 Å². The number of rotatable bonds is 2. The normalized spacial score (nSPS) is 44.0. The average molecular weight is 361 g/mol. The zero-order valence-corrected chi connectivity index (χ0v) is 15.4. The van der Waals surface area contributed by atoms with Crippen LogP contribution < -0.4 is 0 Å². The SMILES string of the molecule is CC1(C)O[C@H]2[C@@H](O1)[C@H](CSC1=NCCS1)O[C@@H]1OC(C)(C)O[C@@H]12. The number of thioether (sulfide) groups is 2. The van der Waals surface area contributed by atoms with E-state index in [-0.39, 0.29) is 24.4 Å². The summed E-state index contributed by atoms with van der Waals surface area (Å²) < 4.78 is 31.4. The van der Waals surface area contributed by atoms with E-state index in [1.807, 2.05) is 27.7 Å². The molecule has 4 aliphatic heterocycles. The Balaban J connectivity index is 1.50. The van der Waals surface area contributed by atoms with Crippen molar-refractivity contribution in [1.29, 1.82) is 0 Å². The van der Waals surface area contributed by atoms with E-state index in [9.17, 15) is 0 Å². The molecule has 0 spiro atoms. The van der Waals surface area contributed by atoms with Gasteiger partial charge in [0.1, 0.15) is 22.7 Å². The molecule has 0 saturated carbocycles. The second-order valence-electron chi connectivity index (χ2n) is 7.01. The lowest BCUT2D eigenvalue weighted by Crippen LogP contribution is -2.55. The molecule has 4 aliphatic rings. The van der Waals surface area contributed by atoms with Crippen LogP contribution in [0.4, 0.5) is 0 Å². The Bertz CT molecular complexity index is 512. The lowest BCUT2D eigenvalue weighted by molar-refractivity contribution is -0.228. The summed E-state index contributed by atoms with van der Waals surface area (Å²) in [7, 11) is 0. The molecule has 4 rings (SSSR count). The van der Waals surface area contributed by atoms with Crippen molar-refractivity contribution in [1.82, 2.24) is 0 Å². The van der Waals surface area contributed by atoms with Gasteiger partial charge < -0.3 is 23.7 Å². The molecule has 0 amide bonds. The topological polar surface area (TPSA) is 58.5 Å². The van der Waals surface area contributed by atoms with Gasteiger partial charge in [-0.2, -0.15) is 0 Å². The first-order valence-electron chi connectivity index (χ1n) is 8.00. The highest BCUT2D eigenvalue weighted by Gasteiger charge is 2.60. The molecule has 6 nitrogen and oxygen atoms in total. The maximum Gasteiger partial charge on any atom is 0.190 e. The third-order valence-electron chi connectivity index (χ3n) is 4.18. The van der Waals surface area contributed by atoms with Crippen molar-refractivity contribution in [2.75, 3.05) is 18.1 Å². The highest BCUT2D eigenvalue weighted by atomic mass is 32.2. The number of nitrogens with zero attached hydrogens (tertiary/aromatic N) is 1. The average Bonchev–Trinajstić information content (AvgIpc) is 3.11. The zero-order chi connectivity index (χ0) is 16.2. The summed E-state index contributed by atoms with van der Waals surface area (Å²) in [5.41, 5.74) is 0. The Hall–Kier alpha value is 0.170. The highest BCUT2D eigenvalue weighted by Crippen LogP contribution is 2.44. The van der Waals surface area contributed by atoms with Gasteiger partial charge in [-0.05, 0) is 27.7 Å². The monoisotopic (exact) mass is 361 g/mol. The van der Waals surface area contributed by atoms with Crippen molar-refractivity contribution in [3.8, 4) is 0 Å². The summed E-state index contributed by atoms with van der Waals surface area (Å²) in [6.07, 6.45) is -1.09. The summed E-state index contributed by atoms with van der Waals surface area (Å²) in [5.74, 6) is 0.553. The molecule has 0 unspecified atom stereocenters. The van der Waals surface area contributed by atoms with Crippen LogP contribution >= 0.6 is 23.5 Å². The number of aliphatic imine (C=N–C) groups is 1. The minimum atomic E-state index is -0.663. The molecule has 8 heteroatoms. The summed E-state index contributed by atoms with van der Waals surface area (Å²) in [6, 6.07) is 0. The Labute approximate surface area is 145 Å². The van der Waals surface area contributed by atoms with Gasteiger partial charge in [0.25, 0.3) is 0 Å². The first-order valence-corrected chi connectivity index (χ1v) is 9.97. The van der Waals surface area contributed by atoms with Gasteiger partial charge in [-0.3, -0.25) is 4.99 Å². The molecule has 130 valence electrons. The summed E-state index contributed by atoms with van der Waals surface area (Å²) in [4.78, 5) is 4.48. The van der Waals surface area contributed by atoms with Crippen LogP contribution in [0.3, 0.4) is 0 Å². The van der Waals surface area contributed by atoms with Crippen LogP contribution in [0, 0.1) is 0 Å². The van der Waals surface area contributed by atoms with Crippen molar-refractivity contribution >= 4 is 27.9 Å². The van der Waals surface area contributed by atoms with Gasteiger partial charge in [0.2, 0.25) is 0 Å². The lowest BCUT2D eigenvalue weighted by atomic mass is 10.00. The van der Waals surface area contributed by atoms with Crippen molar-refractivity contribution in [3.05, 3.63) is 0 Å². The molecule has 4 heterocycles. The Morgan fingerprint density at radius 1 is 1.04 bits per heavy atom. The van der Waals surface area contributed by atoms with E-state index in [2.05, 4.69) is 4.99 Å². The van der Waals surface area contributed by atoms with Gasteiger partial charge in [-0.25, -0.2) is 0 Å². The lowest BCUT2D eigenvalue weighted by Gasteiger charge is -2.37. The van der Waals surface area contributed by atoms with E-state index in [0.717, 1.165) is 22.4 Å². The molecule has 0 bridgehead atoms. The van der Waals surface area contributed by atoms with Gasteiger partial charge in [-0.15, -0.1) is 0 Å². The van der Waals surface area contributed by atoms with E-state index >= 15 is 0 Å². The maximum absolute atomic E-state index is 6.18. The minimum Gasteiger partial charge on any atom is -0.343 e. The van der Waals surface area contributed by atoms with Crippen LogP contribution in [0.2, 0.25) is 0 Å². The number of ether oxygens (including phenoxy) is 5. The van der Waals surface area contributed by atoms with Crippen LogP contribution in [0.5, 0.6) is 0 Å². The zero-order valence-electron chi connectivity index (χ0n) is 13.8. The minimum absolute atomic E-state index is 0.102. The van der Waals surface area contributed by atoms with Gasteiger partial charge >= 0.3 is 0 Å². The molecule has 0 aromatic heterocycles. The predicted molar refractivity (Wildman–Crippen MR) is 89.7 cm³/mol. The van der Waals surface area contributed by atoms with Crippen molar-refractivity contribution in [2.45, 2.75) is 70.0 Å². The molecular weight excluding hydrogens is 338 g/mol. The molecule has 0 N–H and O–H groups in total. The van der Waals surface area contributed by atoms with Crippen LogP contribution in [0.25, 0.3) is 0 Å². The summed E-state index contributed by atoms with van der Waals surface area (Å²) in [6.45, 7) is 8.58. The van der Waals surface area contributed by atoms with Crippen molar-refractivity contribution < 1.29 is 23.7 Å². The van der Waals surface area contributed by atoms with E-state index in [4.69, 9.17) is 23.7 Å². The molecule has 5 atom stereocenters. The quantitative estimate of drug-likeness (QED) is 0.747. The first-order chi connectivity index (χ1) is 10.8. The fourth-order valence-electron chi connectivity index (χ4n) is 3.38. The molecule has 23 heavy (non-hydrogen) atoms. The summed E-state index contributed by atoms with van der Waals surface area (Å²) in [5, 5.41) is 0. The van der Waals surface area contributed by atoms with Crippen molar-refractivity contribution in [2.24, 2.45) is 4.99 Å². The van der Waals surface area contributed by atoms with Crippen LogP contribution in [-0.2, 0) is 23.7 Å². The predicted octanol–water partition coefficient (Wildman–Crippen LogP) is 2.22. The smallest absolute Gasteiger partial charge is 0.190 e. The first kappa shape index (κ1) is 16.6. The standard InChI is InChI=1S/C15H23NO5S2/c1-14(2)18-9-8(7-23-13-16-5-6-22-13)17-12-11(10(9)19-14)20-15(3,4)21-12/h8-12H,5-7H2,1-4H3/t8-,9-,10-,11+,12+/m0/s1. The molecule has 0 aromatic carbocycles. The van der Waals surface area contributed by atoms with Crippen LogP contribution in [0.1, 0.15) is 27.7 Å². The molecule has 0 aliphatic carbocycles. The highest BCUT2D eigenvalue weighted by molar-refractivity contribution is 8.39. The van der Waals surface area contributed by atoms with Gasteiger partial charge in [-0.1, -0.05) is 23.5 Å². The maximum atomic E-state index is 6.18. The molecule has 3 saturated heterocycles. The molecular formula is C15H23NO5S2. The third kappa shape index (κ3) is 3.31. The Morgan fingerprint density at radius 3 is 2.48 bits per heavy atom. The number of fused-ring (bicyclic) bond motifs is 3. The Morgan fingerprint density at radius 2 is 1.74 bits per heavy atom. The number of hydrogen-bond donors (Lipinski definition) is 0. The molecule has 0 aromatic rings. The largest absolute Gasteiger partial charge is 0.343 e. The molecule has 0 radical (unpaired) electrons. The van der Waals surface area contributed by atoms with Gasteiger partial charge in [0.15, 0.2) is 17.9 Å². The van der Waals surface area contributed by atoms with Crippen molar-refractivity contribution in [3.63, 3.8) is 0 Å². The van der Waals surface area contributed by atoms with Crippen LogP contribution in [0.15, 0.2) is 4.99 Å². The van der Waals surface area contributed by atoms with E-state index in [0.29, 0.717) is 0 Å². The Kier molecular flexibility index (Phi) is 4.24. The molecule has 3 fully saturated rings. The fraction of sp³-hybridized carbons (Fsp3) is 0.933. The van der Waals surface area contributed by atoms with E-state index in [1.165, 1.54) is 0 Å². The van der Waals surface area contributed by atoms with Gasteiger partial charge in [0.05, 0.1) is 12.6 Å². The number of hydrogen-bond acceptors (Lipinski definition) is 8. The summed E-state index contributed by atoms with van der Waals surface area (Å²) >= 11 is 3.53. The van der Waals surface area contributed by atoms with Gasteiger partial charge in [0, 0.05) is 11.5 Å². The fourth-order valence-corrected chi connectivity index (χ4v) is 5.47. The van der Waals surface area contributed by atoms with E-state index < -0.39 is 17.9 Å². The third-order valence-corrected chi connectivity index (χ3v) is 6.52. The second kappa shape index (κ2) is 5.86. The van der Waals surface area contributed by atoms with Crippen LogP contribution in [-0.4, -0.2) is 64.7 Å². The second-order valence-corrected chi connectivity index (χ2v) is 9.37.